The number of thioether (sulfide) groups is 1. The third-order valence-corrected chi connectivity index (χ3v) is 5.55. The number of esters is 1. The Balaban J connectivity index is 1.43. The number of amides is 1. The molecule has 0 saturated carbocycles. The summed E-state index contributed by atoms with van der Waals surface area (Å²) >= 11 is 3.07. The van der Waals surface area contributed by atoms with Crippen LogP contribution < -0.4 is 5.32 Å². The molecule has 26 heavy (non-hydrogen) atoms. The van der Waals surface area contributed by atoms with E-state index in [9.17, 15) is 9.59 Å². The van der Waals surface area contributed by atoms with E-state index >= 15 is 0 Å². The number of aromatic nitrogens is 2. The Labute approximate surface area is 156 Å². The van der Waals surface area contributed by atoms with Crippen LogP contribution in [0.2, 0.25) is 0 Å². The molecule has 7 nitrogen and oxygen atoms in total. The lowest BCUT2D eigenvalue weighted by Gasteiger charge is -2.08. The van der Waals surface area contributed by atoms with E-state index in [-0.39, 0.29) is 18.4 Å². The lowest BCUT2D eigenvalue weighted by atomic mass is 10.2. The second-order valence-electron chi connectivity index (χ2n) is 5.42. The normalized spacial score (nSPS) is 13.6. The van der Waals surface area contributed by atoms with Crippen molar-refractivity contribution < 1.29 is 18.8 Å². The molecule has 0 atom stereocenters. The monoisotopic (exact) mass is 387 g/mol. The minimum atomic E-state index is -0.521. The third-order valence-electron chi connectivity index (χ3n) is 3.61. The standard InChI is InChI=1S/C17H13N3O4S2/c21-14-5-7-26-12-4-3-10(8-11(12)18-14)17(22)23-9-15-19-16(20-24-15)13-2-1-6-25-13/h1-4,6,8H,5,7,9H2,(H,18,21). The second-order valence-corrected chi connectivity index (χ2v) is 7.51. The van der Waals surface area contributed by atoms with E-state index in [1.54, 1.807) is 23.9 Å². The number of nitrogens with zero attached hydrogens (tertiary/aromatic N) is 2. The highest BCUT2D eigenvalue weighted by Gasteiger charge is 2.17. The summed E-state index contributed by atoms with van der Waals surface area (Å²) in [5, 5.41) is 8.59. The summed E-state index contributed by atoms with van der Waals surface area (Å²) in [5.74, 6) is 0.823. The molecule has 3 aromatic rings. The molecule has 0 radical (unpaired) electrons. The number of carbonyl (C=O) groups excluding carboxylic acids is 2. The summed E-state index contributed by atoms with van der Waals surface area (Å²) in [7, 11) is 0. The van der Waals surface area contributed by atoms with E-state index in [4.69, 9.17) is 9.26 Å². The fraction of sp³-hybridized carbons (Fsp3) is 0.176. The maximum absolute atomic E-state index is 12.3. The molecule has 0 unspecified atom stereocenters. The number of ether oxygens (including phenoxy) is 1. The summed E-state index contributed by atoms with van der Waals surface area (Å²) < 4.78 is 10.3. The molecule has 1 N–H and O–H groups in total. The van der Waals surface area contributed by atoms with Gasteiger partial charge in [0.25, 0.3) is 5.89 Å². The molecule has 1 aliphatic heterocycles. The van der Waals surface area contributed by atoms with Crippen molar-refractivity contribution in [2.75, 3.05) is 11.1 Å². The molecule has 0 bridgehead atoms. The van der Waals surface area contributed by atoms with Crippen molar-refractivity contribution in [3.8, 4) is 10.7 Å². The highest BCUT2D eigenvalue weighted by molar-refractivity contribution is 7.99. The Morgan fingerprint density at radius 1 is 1.35 bits per heavy atom. The molecule has 4 rings (SSSR count). The molecule has 1 aliphatic rings. The Morgan fingerprint density at radius 2 is 2.27 bits per heavy atom. The molecule has 0 fully saturated rings. The average Bonchev–Trinajstić information content (AvgIpc) is 3.28. The first-order valence-corrected chi connectivity index (χ1v) is 9.66. The van der Waals surface area contributed by atoms with Crippen LogP contribution in [0.3, 0.4) is 0 Å². The summed E-state index contributed by atoms with van der Waals surface area (Å²) in [6, 6.07) is 8.89. The molecule has 0 aliphatic carbocycles. The van der Waals surface area contributed by atoms with Crippen LogP contribution in [0.1, 0.15) is 22.7 Å². The van der Waals surface area contributed by atoms with Gasteiger partial charge in [0.2, 0.25) is 11.7 Å². The van der Waals surface area contributed by atoms with Gasteiger partial charge in [-0.1, -0.05) is 11.2 Å². The number of fused-ring (bicyclic) bond motifs is 1. The average molecular weight is 387 g/mol. The maximum atomic E-state index is 12.3. The maximum Gasteiger partial charge on any atom is 0.338 e. The van der Waals surface area contributed by atoms with Crippen molar-refractivity contribution in [1.29, 1.82) is 0 Å². The zero-order valence-corrected chi connectivity index (χ0v) is 15.1. The van der Waals surface area contributed by atoms with Crippen LogP contribution in [0.15, 0.2) is 45.1 Å². The van der Waals surface area contributed by atoms with E-state index in [0.29, 0.717) is 29.2 Å². The molecule has 2 aromatic heterocycles. The number of thiophene rings is 1. The first-order valence-electron chi connectivity index (χ1n) is 7.79. The fourth-order valence-electron chi connectivity index (χ4n) is 2.38. The molecule has 1 aromatic carbocycles. The molecular formula is C17H13N3O4S2. The molecule has 3 heterocycles. The fourth-order valence-corrected chi connectivity index (χ4v) is 3.96. The first-order chi connectivity index (χ1) is 12.7. The number of hydrogen-bond donors (Lipinski definition) is 1. The summed E-state index contributed by atoms with van der Waals surface area (Å²) in [6.45, 7) is -0.116. The number of benzene rings is 1. The molecular weight excluding hydrogens is 374 g/mol. The van der Waals surface area contributed by atoms with Crippen LogP contribution in [0.25, 0.3) is 10.7 Å². The van der Waals surface area contributed by atoms with E-state index in [0.717, 1.165) is 9.77 Å². The van der Waals surface area contributed by atoms with Crippen LogP contribution in [0, 0.1) is 0 Å². The van der Waals surface area contributed by atoms with Gasteiger partial charge in [-0.05, 0) is 29.6 Å². The van der Waals surface area contributed by atoms with Crippen molar-refractivity contribution >= 4 is 40.7 Å². The number of anilines is 1. The minimum absolute atomic E-state index is 0.0614. The van der Waals surface area contributed by atoms with Crippen molar-refractivity contribution in [2.24, 2.45) is 0 Å². The quantitative estimate of drug-likeness (QED) is 0.684. The van der Waals surface area contributed by atoms with Gasteiger partial charge in [-0.3, -0.25) is 4.79 Å². The minimum Gasteiger partial charge on any atom is -0.452 e. The van der Waals surface area contributed by atoms with Gasteiger partial charge in [0.1, 0.15) is 0 Å². The smallest absolute Gasteiger partial charge is 0.338 e. The van der Waals surface area contributed by atoms with Gasteiger partial charge in [-0.2, -0.15) is 4.98 Å². The number of rotatable bonds is 4. The number of hydrogen-bond acceptors (Lipinski definition) is 8. The van der Waals surface area contributed by atoms with Gasteiger partial charge in [-0.25, -0.2) is 4.79 Å². The Kier molecular flexibility index (Phi) is 4.72. The number of carbonyl (C=O) groups is 2. The molecule has 0 saturated heterocycles. The van der Waals surface area contributed by atoms with Crippen molar-refractivity contribution in [2.45, 2.75) is 17.9 Å². The highest BCUT2D eigenvalue weighted by Crippen LogP contribution is 2.31. The third kappa shape index (κ3) is 3.63. The van der Waals surface area contributed by atoms with E-state index in [2.05, 4.69) is 15.5 Å². The second kappa shape index (κ2) is 7.30. The topological polar surface area (TPSA) is 94.3 Å². The lowest BCUT2D eigenvalue weighted by molar-refractivity contribution is -0.115. The summed E-state index contributed by atoms with van der Waals surface area (Å²) in [6.07, 6.45) is 0.447. The van der Waals surface area contributed by atoms with Crippen LogP contribution in [0.5, 0.6) is 0 Å². The van der Waals surface area contributed by atoms with Gasteiger partial charge in [0.05, 0.1) is 16.1 Å². The van der Waals surface area contributed by atoms with E-state index in [1.165, 1.54) is 11.3 Å². The van der Waals surface area contributed by atoms with Crippen molar-refractivity contribution in [1.82, 2.24) is 10.1 Å². The van der Waals surface area contributed by atoms with E-state index in [1.807, 2.05) is 23.6 Å². The zero-order valence-electron chi connectivity index (χ0n) is 13.4. The van der Waals surface area contributed by atoms with Gasteiger partial charge >= 0.3 is 5.97 Å². The largest absolute Gasteiger partial charge is 0.452 e. The van der Waals surface area contributed by atoms with Gasteiger partial charge in [0, 0.05) is 17.1 Å². The van der Waals surface area contributed by atoms with E-state index < -0.39 is 5.97 Å². The predicted molar refractivity (Wildman–Crippen MR) is 97.1 cm³/mol. The summed E-state index contributed by atoms with van der Waals surface area (Å²) in [5.41, 5.74) is 0.981. The van der Waals surface area contributed by atoms with Crippen LogP contribution in [-0.4, -0.2) is 27.8 Å². The SMILES string of the molecule is O=C1CCSc2ccc(C(=O)OCc3nc(-c4cccs4)no3)cc2N1. The first kappa shape index (κ1) is 16.8. The van der Waals surface area contributed by atoms with Crippen LogP contribution in [-0.2, 0) is 16.1 Å². The molecule has 9 heteroatoms. The molecule has 132 valence electrons. The Morgan fingerprint density at radius 3 is 3.12 bits per heavy atom. The lowest BCUT2D eigenvalue weighted by Crippen LogP contribution is -2.11. The molecule has 0 spiro atoms. The van der Waals surface area contributed by atoms with Crippen LogP contribution in [0.4, 0.5) is 5.69 Å². The van der Waals surface area contributed by atoms with Gasteiger partial charge < -0.3 is 14.6 Å². The highest BCUT2D eigenvalue weighted by atomic mass is 32.2. The van der Waals surface area contributed by atoms with Crippen molar-refractivity contribution in [3.05, 3.63) is 47.2 Å². The molecule has 1 amide bonds. The zero-order chi connectivity index (χ0) is 17.9. The Bertz CT molecular complexity index is 953. The van der Waals surface area contributed by atoms with Crippen molar-refractivity contribution in [3.63, 3.8) is 0 Å². The van der Waals surface area contributed by atoms with Crippen LogP contribution >= 0.6 is 23.1 Å². The van der Waals surface area contributed by atoms with Gasteiger partial charge in [-0.15, -0.1) is 23.1 Å². The Hall–Kier alpha value is -2.65. The summed E-state index contributed by atoms with van der Waals surface area (Å²) in [4.78, 5) is 30.0. The van der Waals surface area contributed by atoms with Gasteiger partial charge in [0.15, 0.2) is 6.61 Å². The number of nitrogens with one attached hydrogen (secondary N) is 1. The predicted octanol–water partition coefficient (Wildman–Crippen LogP) is 3.59.